The Balaban J connectivity index is 1.61. The van der Waals surface area contributed by atoms with Crippen LogP contribution in [-0.4, -0.2) is 102 Å². The van der Waals surface area contributed by atoms with Gasteiger partial charge in [0.2, 0.25) is 0 Å². The molecule has 2 saturated heterocycles. The normalized spacial score (nSPS) is 61.6. The van der Waals surface area contributed by atoms with Crippen LogP contribution in [0, 0.1) is 28.6 Å². The Labute approximate surface area is 206 Å². The van der Waals surface area contributed by atoms with Gasteiger partial charge in [-0.2, -0.15) is 0 Å². The summed E-state index contributed by atoms with van der Waals surface area (Å²) in [6.07, 6.45) is 0.601. The largest absolute Gasteiger partial charge is 0.459 e. The number of likely N-dealkylation sites (N-methyl/N-ethyl adjacent to an activating group) is 1. The predicted octanol–water partition coefficient (Wildman–Crippen LogP) is 0.696. The van der Waals surface area contributed by atoms with E-state index in [4.69, 9.17) is 23.7 Å². The van der Waals surface area contributed by atoms with Gasteiger partial charge >= 0.3 is 5.97 Å². The fourth-order valence-corrected chi connectivity index (χ4v) is 11.5. The number of carbonyl (C=O) groups is 1. The number of ether oxygens (including phenoxy) is 5. The quantitative estimate of drug-likeness (QED) is 0.547. The summed E-state index contributed by atoms with van der Waals surface area (Å²) in [5, 5.41) is 25.0. The van der Waals surface area contributed by atoms with Crippen molar-refractivity contribution in [2.24, 2.45) is 28.6 Å². The highest BCUT2D eigenvalue weighted by molar-refractivity contribution is 5.67. The Hall–Kier alpha value is -0.810. The minimum Gasteiger partial charge on any atom is -0.459 e. The van der Waals surface area contributed by atoms with Crippen molar-refractivity contribution >= 4 is 5.97 Å². The van der Waals surface area contributed by atoms with Gasteiger partial charge in [-0.25, -0.2) is 0 Å². The predicted molar refractivity (Wildman–Crippen MR) is 121 cm³/mol. The van der Waals surface area contributed by atoms with Gasteiger partial charge in [0, 0.05) is 51.9 Å². The Morgan fingerprint density at radius 2 is 1.94 bits per heavy atom. The van der Waals surface area contributed by atoms with Gasteiger partial charge in [0.05, 0.1) is 35.4 Å². The summed E-state index contributed by atoms with van der Waals surface area (Å²) in [7, 11) is 3.39. The summed E-state index contributed by atoms with van der Waals surface area (Å²) in [4.78, 5) is 15.1. The molecule has 0 unspecified atom stereocenters. The number of aliphatic hydroxyl groups is 2. The van der Waals surface area contributed by atoms with Crippen LogP contribution in [0.3, 0.4) is 0 Å². The molecule has 7 bridgehead atoms. The third-order valence-corrected chi connectivity index (χ3v) is 11.9. The molecule has 5 saturated carbocycles. The maximum atomic E-state index is 13.2. The van der Waals surface area contributed by atoms with Crippen molar-refractivity contribution in [3.63, 3.8) is 0 Å². The number of esters is 1. The van der Waals surface area contributed by atoms with Crippen LogP contribution in [0.15, 0.2) is 0 Å². The lowest BCUT2D eigenvalue weighted by Gasteiger charge is -2.71. The summed E-state index contributed by atoms with van der Waals surface area (Å²) >= 11 is 0. The van der Waals surface area contributed by atoms with Crippen LogP contribution in [0.2, 0.25) is 0 Å². The lowest BCUT2D eigenvalue weighted by molar-refractivity contribution is -0.331. The van der Waals surface area contributed by atoms with E-state index >= 15 is 0 Å². The number of carbonyl (C=O) groups excluding carboxylic acids is 1. The zero-order valence-corrected chi connectivity index (χ0v) is 21.4. The highest BCUT2D eigenvalue weighted by Gasteiger charge is 2.97. The number of likely N-dealkylation sites (tertiary alicyclic amines) is 1. The summed E-state index contributed by atoms with van der Waals surface area (Å²) in [6, 6.07) is -0.280. The number of fused-ring (bicyclic) bond motifs is 1. The van der Waals surface area contributed by atoms with Crippen LogP contribution in [0.25, 0.3) is 0 Å². The average molecular weight is 494 g/mol. The second-order valence-electron chi connectivity index (χ2n) is 12.7. The van der Waals surface area contributed by atoms with Crippen molar-refractivity contribution in [2.45, 2.75) is 93.7 Å². The van der Waals surface area contributed by atoms with E-state index in [1.165, 1.54) is 6.92 Å². The number of nitrogens with zero attached hydrogens (tertiary/aromatic N) is 1. The molecule has 2 N–H and O–H groups in total. The van der Waals surface area contributed by atoms with Crippen molar-refractivity contribution in [3.8, 4) is 0 Å². The maximum Gasteiger partial charge on any atom is 0.303 e. The first-order chi connectivity index (χ1) is 16.6. The van der Waals surface area contributed by atoms with Gasteiger partial charge in [-0.15, -0.1) is 0 Å². The van der Waals surface area contributed by atoms with Crippen molar-refractivity contribution in [1.82, 2.24) is 4.90 Å². The molecule has 7 fully saturated rings. The number of piperidine rings is 1. The summed E-state index contributed by atoms with van der Waals surface area (Å²) < 4.78 is 31.9. The molecular weight excluding hydrogens is 454 g/mol. The summed E-state index contributed by atoms with van der Waals surface area (Å²) in [5.74, 6) is -1.33. The zero-order chi connectivity index (χ0) is 24.8. The molecular formula is C26H39NO8. The van der Waals surface area contributed by atoms with Gasteiger partial charge in [0.25, 0.3) is 0 Å². The molecule has 7 rings (SSSR count). The van der Waals surface area contributed by atoms with E-state index in [9.17, 15) is 15.0 Å². The molecule has 0 amide bonds. The maximum absolute atomic E-state index is 13.2. The highest BCUT2D eigenvalue weighted by Crippen LogP contribution is 2.83. The highest BCUT2D eigenvalue weighted by atomic mass is 16.7. The molecule has 3 spiro atoms. The molecule has 9 heteroatoms. The molecule has 5 aliphatic carbocycles. The molecule has 7 aliphatic rings. The number of rotatable bonds is 4. The first-order valence-electron chi connectivity index (χ1n) is 13.3. The Morgan fingerprint density at radius 1 is 1.17 bits per heavy atom. The summed E-state index contributed by atoms with van der Waals surface area (Å²) in [6.45, 7) is 7.50. The molecule has 0 aromatic heterocycles. The van der Waals surface area contributed by atoms with Crippen molar-refractivity contribution in [2.75, 3.05) is 34.1 Å². The monoisotopic (exact) mass is 493 g/mol. The fraction of sp³-hybridized carbons (Fsp3) is 0.962. The minimum absolute atomic E-state index is 0.0311. The number of methoxy groups -OCH3 is 2. The van der Waals surface area contributed by atoms with Crippen molar-refractivity contribution in [3.05, 3.63) is 0 Å². The number of aliphatic hydroxyl groups excluding tert-OH is 1. The van der Waals surface area contributed by atoms with Crippen molar-refractivity contribution < 1.29 is 38.7 Å². The molecule has 2 aliphatic heterocycles. The Bertz CT molecular complexity index is 964. The van der Waals surface area contributed by atoms with E-state index in [-0.39, 0.29) is 48.3 Å². The SMILES string of the molecule is CCN1C[C@]2(C)CC[C@H](OC)[C@]34[C@@H]2[C@H](OC(C)=O)[C@@]2(OCO[C@@]25C[C@H](OC)[C@H]2C[C@]3(O)[C@@H]5[C@H]2O)[C@@H]14. The third-order valence-electron chi connectivity index (χ3n) is 11.9. The molecule has 0 aromatic carbocycles. The molecule has 13 atom stereocenters. The van der Waals surface area contributed by atoms with Crippen LogP contribution in [-0.2, 0) is 28.5 Å². The molecule has 0 radical (unpaired) electrons. The first-order valence-corrected chi connectivity index (χ1v) is 13.3. The van der Waals surface area contributed by atoms with Gasteiger partial charge in [-0.1, -0.05) is 13.8 Å². The van der Waals surface area contributed by atoms with Crippen LogP contribution in [0.1, 0.15) is 46.5 Å². The van der Waals surface area contributed by atoms with Gasteiger partial charge in [0.15, 0.2) is 5.60 Å². The lowest BCUT2D eigenvalue weighted by atomic mass is 9.41. The fourth-order valence-electron chi connectivity index (χ4n) is 11.5. The second kappa shape index (κ2) is 6.79. The van der Waals surface area contributed by atoms with Gasteiger partial charge in [-0.05, 0) is 31.2 Å². The van der Waals surface area contributed by atoms with Crippen LogP contribution < -0.4 is 0 Å². The number of hydrogen-bond acceptors (Lipinski definition) is 9. The molecule has 35 heavy (non-hydrogen) atoms. The average Bonchev–Trinajstić information content (AvgIpc) is 3.34. The third kappa shape index (κ3) is 2.09. The molecule has 0 aromatic rings. The van der Waals surface area contributed by atoms with Gasteiger partial charge in [0.1, 0.15) is 18.5 Å². The van der Waals surface area contributed by atoms with E-state index in [0.717, 1.165) is 25.9 Å². The van der Waals surface area contributed by atoms with E-state index in [1.54, 1.807) is 14.2 Å². The second-order valence-corrected chi connectivity index (χ2v) is 12.7. The van der Waals surface area contributed by atoms with Crippen LogP contribution in [0.4, 0.5) is 0 Å². The Morgan fingerprint density at radius 3 is 2.60 bits per heavy atom. The van der Waals surface area contributed by atoms with E-state index < -0.39 is 40.3 Å². The molecule has 9 nitrogen and oxygen atoms in total. The standard InChI is InChI=1S/C26H39NO8/c1-6-27-11-22(3)8-7-16(32-5)25-19(22)20(35-13(2)28)26(21(25)27)24(33-12-34-26)10-15(31-4)14-9-23(25,30)18(24)17(14)29/h14-21,29-30H,6-12H2,1-5H3/t14-,15+,16+,17+,18+,19-,20+,21+,22+,23+,24-,25-,26-/m1/s1. The number of hydrogen-bond donors (Lipinski definition) is 2. The first kappa shape index (κ1) is 23.3. The Kier molecular flexibility index (Phi) is 4.52. The van der Waals surface area contributed by atoms with Crippen LogP contribution >= 0.6 is 0 Å². The zero-order valence-electron chi connectivity index (χ0n) is 21.4. The van der Waals surface area contributed by atoms with E-state index in [0.29, 0.717) is 12.8 Å². The summed E-state index contributed by atoms with van der Waals surface area (Å²) in [5.41, 5.74) is -4.39. The minimum atomic E-state index is -1.29. The van der Waals surface area contributed by atoms with E-state index in [1.807, 2.05) is 0 Å². The van der Waals surface area contributed by atoms with Gasteiger partial charge < -0.3 is 33.9 Å². The van der Waals surface area contributed by atoms with Gasteiger partial charge in [-0.3, -0.25) is 9.69 Å². The molecule has 196 valence electrons. The smallest absolute Gasteiger partial charge is 0.303 e. The van der Waals surface area contributed by atoms with Crippen molar-refractivity contribution in [1.29, 1.82) is 0 Å². The van der Waals surface area contributed by atoms with Crippen LogP contribution in [0.5, 0.6) is 0 Å². The molecule has 2 heterocycles. The van der Waals surface area contributed by atoms with E-state index in [2.05, 4.69) is 18.7 Å². The lowest BCUT2D eigenvalue weighted by Crippen LogP contribution is -2.85. The topological polar surface area (TPSA) is 107 Å².